The minimum Gasteiger partial charge on any atom is -0.507 e. The van der Waals surface area contributed by atoms with Crippen molar-refractivity contribution in [3.05, 3.63) is 168 Å². The van der Waals surface area contributed by atoms with Crippen LogP contribution in [0.1, 0.15) is 114 Å². The molecule has 0 aliphatic carbocycles. The molecule has 0 fully saturated rings. The molecule has 0 atom stereocenters. The Morgan fingerprint density at radius 3 is 2.00 bits per heavy atom. The van der Waals surface area contributed by atoms with E-state index in [-0.39, 0.29) is 45.9 Å². The molecule has 0 unspecified atom stereocenters. The number of fused-ring (bicyclic) bond motifs is 1. The molecular formula is C56H57N3O. The largest absolute Gasteiger partial charge is 0.507 e. The molecule has 8 aromatic rings. The molecule has 0 spiro atoms. The molecule has 4 heteroatoms. The van der Waals surface area contributed by atoms with E-state index >= 15 is 0 Å². The molecule has 302 valence electrons. The van der Waals surface area contributed by atoms with E-state index in [1.54, 1.807) is 0 Å². The Hall–Kier alpha value is -6.26. The van der Waals surface area contributed by atoms with Gasteiger partial charge in [0.05, 0.1) is 38.9 Å². The second-order valence-electron chi connectivity index (χ2n) is 18.4. The Kier molecular flexibility index (Phi) is 8.29. The van der Waals surface area contributed by atoms with Gasteiger partial charge in [-0.15, -0.1) is 0 Å². The quantitative estimate of drug-likeness (QED) is 0.167. The molecule has 2 heterocycles. The predicted octanol–water partition coefficient (Wildman–Crippen LogP) is 15.3. The van der Waals surface area contributed by atoms with Crippen LogP contribution in [0.2, 0.25) is 0 Å². The standard InChI is InChI=1S/C56H57N3O/c1-35(2)40-31-46(36(3)4)53(60)48(32-40)54-58-52-45(22-17-23-51(52)59(54)50-25-24-43(55(5,6)7)34-47(50)38-20-15-12-16-21-38)41-28-42(30-44(29-41)56(8,9)10)49-33-39(26-27-57-49)37-18-13-11-14-19-37/h11-36,60H,1-10H3/i11D,13D,14D,18D,19D,26D,27D,33D. The first-order valence-corrected chi connectivity index (χ1v) is 20.7. The minimum atomic E-state index is -0.598. The van der Waals surface area contributed by atoms with Crippen LogP contribution >= 0.6 is 0 Å². The van der Waals surface area contributed by atoms with Crippen LogP contribution in [-0.2, 0) is 10.8 Å². The Bertz CT molecular complexity index is 3280. The summed E-state index contributed by atoms with van der Waals surface area (Å²) in [5.41, 5.74) is 9.68. The van der Waals surface area contributed by atoms with Crippen LogP contribution in [0.25, 0.3) is 72.7 Å². The fourth-order valence-electron chi connectivity index (χ4n) is 7.73. The van der Waals surface area contributed by atoms with Gasteiger partial charge in [-0.1, -0.05) is 160 Å². The number of pyridine rings is 1. The molecule has 4 nitrogen and oxygen atoms in total. The van der Waals surface area contributed by atoms with Crippen molar-refractivity contribution in [1.82, 2.24) is 14.5 Å². The van der Waals surface area contributed by atoms with Crippen LogP contribution in [0.5, 0.6) is 5.75 Å². The fraction of sp³-hybridized carbons (Fsp3) is 0.250. The lowest BCUT2D eigenvalue weighted by molar-refractivity contribution is 0.466. The first kappa shape index (κ1) is 31.6. The van der Waals surface area contributed by atoms with Gasteiger partial charge in [0.15, 0.2) is 0 Å². The maximum Gasteiger partial charge on any atom is 0.149 e. The molecule has 8 rings (SSSR count). The topological polar surface area (TPSA) is 50.9 Å². The molecule has 0 aliphatic rings. The van der Waals surface area contributed by atoms with Gasteiger partial charge >= 0.3 is 0 Å². The van der Waals surface area contributed by atoms with E-state index < -0.39 is 47.8 Å². The molecule has 2 aromatic heterocycles. The van der Waals surface area contributed by atoms with Crippen molar-refractivity contribution in [2.45, 2.75) is 91.9 Å². The van der Waals surface area contributed by atoms with Crippen LogP contribution < -0.4 is 0 Å². The SMILES string of the molecule is [2H]c1nc(-c2cc(-c3cccc4c3nc(-c3cc(C(C)C)cc(C(C)C)c3O)n4-c3ccc(C(C)(C)C)cc3-c3ccccc3)cc(C(C)(C)C)c2)c([2H])c(-c2c([2H])c([2H])c([2H])c([2H])c2[2H])c1[2H]. The third-order valence-electron chi connectivity index (χ3n) is 11.3. The summed E-state index contributed by atoms with van der Waals surface area (Å²) < 4.78 is 71.7. The first-order chi connectivity index (χ1) is 31.9. The first-order valence-electron chi connectivity index (χ1n) is 24.7. The predicted molar refractivity (Wildman–Crippen MR) is 253 cm³/mol. The van der Waals surface area contributed by atoms with E-state index in [1.807, 2.05) is 48.5 Å². The van der Waals surface area contributed by atoms with Gasteiger partial charge < -0.3 is 5.11 Å². The monoisotopic (exact) mass is 796 g/mol. The van der Waals surface area contributed by atoms with E-state index in [9.17, 15) is 6.48 Å². The number of phenolic OH excluding ortho intramolecular Hbond substituents is 1. The summed E-state index contributed by atoms with van der Waals surface area (Å²) >= 11 is 0. The Morgan fingerprint density at radius 2 is 1.32 bits per heavy atom. The summed E-state index contributed by atoms with van der Waals surface area (Å²) in [6.07, 6.45) is -0.498. The van der Waals surface area contributed by atoms with Crippen LogP contribution in [-0.4, -0.2) is 19.6 Å². The molecule has 0 aliphatic heterocycles. The molecule has 60 heavy (non-hydrogen) atoms. The van der Waals surface area contributed by atoms with Crippen molar-refractivity contribution in [3.63, 3.8) is 0 Å². The highest BCUT2D eigenvalue weighted by atomic mass is 16.3. The molecule has 0 saturated heterocycles. The molecule has 0 bridgehead atoms. The average Bonchev–Trinajstić information content (AvgIpc) is 3.68. The van der Waals surface area contributed by atoms with Gasteiger partial charge in [-0.25, -0.2) is 4.98 Å². The summed E-state index contributed by atoms with van der Waals surface area (Å²) in [6.45, 7) is 21.3. The Balaban J connectivity index is 1.48. The van der Waals surface area contributed by atoms with E-state index in [1.165, 1.54) is 0 Å². The number of phenols is 1. The Morgan fingerprint density at radius 1 is 0.600 bits per heavy atom. The van der Waals surface area contributed by atoms with E-state index in [0.717, 1.165) is 55.7 Å². The molecule has 0 amide bonds. The van der Waals surface area contributed by atoms with Crippen molar-refractivity contribution in [2.24, 2.45) is 0 Å². The number of aromatic hydroxyl groups is 1. The summed E-state index contributed by atoms with van der Waals surface area (Å²) in [4.78, 5) is 10.0. The van der Waals surface area contributed by atoms with E-state index in [0.29, 0.717) is 22.5 Å². The highest BCUT2D eigenvalue weighted by molar-refractivity contribution is 5.98. The molecule has 0 saturated carbocycles. The normalized spacial score (nSPS) is 14.1. The Labute approximate surface area is 367 Å². The van der Waals surface area contributed by atoms with Gasteiger partial charge in [0, 0.05) is 22.9 Å². The van der Waals surface area contributed by atoms with Crippen LogP contribution in [0.4, 0.5) is 0 Å². The maximum atomic E-state index is 12.3. The van der Waals surface area contributed by atoms with Crippen molar-refractivity contribution < 1.29 is 16.1 Å². The van der Waals surface area contributed by atoms with Gasteiger partial charge in [0.25, 0.3) is 0 Å². The summed E-state index contributed by atoms with van der Waals surface area (Å²) in [7, 11) is 0. The number of hydrogen-bond acceptors (Lipinski definition) is 3. The smallest absolute Gasteiger partial charge is 0.149 e. The van der Waals surface area contributed by atoms with Gasteiger partial charge in [0.2, 0.25) is 0 Å². The lowest BCUT2D eigenvalue weighted by Crippen LogP contribution is -2.12. The number of rotatable bonds is 8. The van der Waals surface area contributed by atoms with Crippen molar-refractivity contribution >= 4 is 11.0 Å². The van der Waals surface area contributed by atoms with Gasteiger partial charge in [-0.05, 0) is 116 Å². The molecule has 1 N–H and O–H groups in total. The number of hydrogen-bond donors (Lipinski definition) is 1. The number of aromatic nitrogens is 3. The third kappa shape index (κ3) is 7.79. The second kappa shape index (κ2) is 15.7. The zero-order valence-electron chi connectivity index (χ0n) is 44.2. The lowest BCUT2D eigenvalue weighted by atomic mass is 9.83. The molecule has 6 aromatic carbocycles. The number of para-hydroxylation sites is 1. The zero-order valence-corrected chi connectivity index (χ0v) is 36.2. The van der Waals surface area contributed by atoms with E-state index in [2.05, 4.69) is 127 Å². The lowest BCUT2D eigenvalue weighted by Gasteiger charge is -2.23. The summed E-state index contributed by atoms with van der Waals surface area (Å²) in [5, 5.41) is 12.3. The minimum absolute atomic E-state index is 0.0234. The van der Waals surface area contributed by atoms with Gasteiger partial charge in [-0.2, -0.15) is 0 Å². The van der Waals surface area contributed by atoms with E-state index in [4.69, 9.17) is 14.6 Å². The number of benzene rings is 6. The summed E-state index contributed by atoms with van der Waals surface area (Å²) in [5.74, 6) is 0.912. The van der Waals surface area contributed by atoms with Gasteiger partial charge in [-0.3, -0.25) is 9.55 Å². The highest BCUT2D eigenvalue weighted by Gasteiger charge is 2.27. The number of imidazole rings is 1. The van der Waals surface area contributed by atoms with Crippen LogP contribution in [0, 0.1) is 0 Å². The highest BCUT2D eigenvalue weighted by Crippen LogP contribution is 2.45. The average molecular weight is 796 g/mol. The van der Waals surface area contributed by atoms with Crippen molar-refractivity contribution in [3.8, 4) is 67.5 Å². The van der Waals surface area contributed by atoms with Crippen LogP contribution in [0.3, 0.4) is 0 Å². The van der Waals surface area contributed by atoms with Gasteiger partial charge in [0.1, 0.15) is 11.6 Å². The molecule has 0 radical (unpaired) electrons. The maximum absolute atomic E-state index is 12.3. The van der Waals surface area contributed by atoms with Crippen molar-refractivity contribution in [2.75, 3.05) is 0 Å². The van der Waals surface area contributed by atoms with Crippen LogP contribution in [0.15, 0.2) is 146 Å². The van der Waals surface area contributed by atoms with Crippen molar-refractivity contribution in [1.29, 1.82) is 0 Å². The third-order valence-corrected chi connectivity index (χ3v) is 11.3. The zero-order chi connectivity index (χ0) is 49.5. The summed E-state index contributed by atoms with van der Waals surface area (Å²) in [6, 6.07) is 29.1. The molecular weight excluding hydrogens is 731 g/mol. The fourth-order valence-corrected chi connectivity index (χ4v) is 7.73. The second-order valence-corrected chi connectivity index (χ2v) is 18.4. The number of nitrogens with zero attached hydrogens (tertiary/aromatic N) is 3.